The number of aryl methyl sites for hydroxylation is 1. The van der Waals surface area contributed by atoms with Crippen molar-refractivity contribution in [2.75, 3.05) is 11.9 Å². The van der Waals surface area contributed by atoms with E-state index < -0.39 is 10.3 Å². The summed E-state index contributed by atoms with van der Waals surface area (Å²) >= 11 is 0. The molecule has 0 radical (unpaired) electrons. The van der Waals surface area contributed by atoms with E-state index in [4.69, 9.17) is 4.74 Å². The van der Waals surface area contributed by atoms with Crippen LogP contribution in [-0.4, -0.2) is 17.4 Å². The second kappa shape index (κ2) is 9.07. The van der Waals surface area contributed by atoms with Gasteiger partial charge in [0.25, 0.3) is 5.69 Å². The average Bonchev–Trinajstić information content (AvgIpc) is 2.73. The molecule has 0 atom stereocenters. The molecule has 1 saturated carbocycles. The minimum absolute atomic E-state index is 0.0402. The summed E-state index contributed by atoms with van der Waals surface area (Å²) < 4.78 is 5.71. The summed E-state index contributed by atoms with van der Waals surface area (Å²) in [5, 5.41) is 14.1. The Kier molecular flexibility index (Phi) is 6.52. The van der Waals surface area contributed by atoms with Gasteiger partial charge in [0.05, 0.1) is 16.9 Å². The maximum absolute atomic E-state index is 13.4. The molecule has 6 nitrogen and oxygen atoms in total. The van der Waals surface area contributed by atoms with Crippen LogP contribution >= 0.6 is 0 Å². The largest absolute Gasteiger partial charge is 0.493 e. The highest BCUT2D eigenvalue weighted by atomic mass is 16.6. The molecule has 1 aliphatic rings. The number of benzene rings is 2. The van der Waals surface area contributed by atoms with E-state index in [9.17, 15) is 14.9 Å². The fraction of sp³-hybridized carbons (Fsp3) is 0.435. The van der Waals surface area contributed by atoms with Gasteiger partial charge in [-0.25, -0.2) is 0 Å². The van der Waals surface area contributed by atoms with E-state index >= 15 is 0 Å². The van der Waals surface area contributed by atoms with Crippen molar-refractivity contribution in [1.29, 1.82) is 0 Å². The minimum Gasteiger partial charge on any atom is -0.493 e. The fourth-order valence-electron chi connectivity index (χ4n) is 4.06. The topological polar surface area (TPSA) is 81.5 Å². The molecule has 0 unspecified atom stereocenters. The predicted molar refractivity (Wildman–Crippen MR) is 113 cm³/mol. The number of nitro groups is 1. The molecule has 1 fully saturated rings. The normalized spacial score (nSPS) is 15.5. The number of carbonyl (C=O) groups is 1. The number of nitrogens with zero attached hydrogens (tertiary/aromatic N) is 1. The van der Waals surface area contributed by atoms with E-state index in [0.717, 1.165) is 61.1 Å². The van der Waals surface area contributed by atoms with Crippen LogP contribution in [0, 0.1) is 17.0 Å². The van der Waals surface area contributed by atoms with Crippen molar-refractivity contribution >= 4 is 17.3 Å². The lowest BCUT2D eigenvalue weighted by atomic mass is 9.68. The molecule has 0 saturated heterocycles. The number of nitro benzene ring substituents is 1. The molecule has 0 bridgehead atoms. The van der Waals surface area contributed by atoms with Crippen molar-refractivity contribution in [3.05, 3.63) is 63.7 Å². The first-order chi connectivity index (χ1) is 14.0. The van der Waals surface area contributed by atoms with Crippen LogP contribution in [0.25, 0.3) is 0 Å². The molecule has 1 aliphatic carbocycles. The Hall–Kier alpha value is -2.89. The van der Waals surface area contributed by atoms with E-state index in [1.807, 2.05) is 25.1 Å². The predicted octanol–water partition coefficient (Wildman–Crippen LogP) is 5.53. The summed E-state index contributed by atoms with van der Waals surface area (Å²) in [6, 6.07) is 12.1. The van der Waals surface area contributed by atoms with Crippen LogP contribution in [-0.2, 0) is 10.2 Å². The third-order valence-corrected chi connectivity index (χ3v) is 5.67. The zero-order chi connectivity index (χ0) is 20.9. The minimum atomic E-state index is -0.654. The first kappa shape index (κ1) is 20.8. The van der Waals surface area contributed by atoms with Crippen LogP contribution in [0.4, 0.5) is 11.4 Å². The molecule has 0 spiro atoms. The Bertz CT molecular complexity index is 871. The second-order valence-corrected chi connectivity index (χ2v) is 7.73. The summed E-state index contributed by atoms with van der Waals surface area (Å²) in [4.78, 5) is 24.0. The molecule has 1 amide bonds. The third kappa shape index (κ3) is 4.58. The van der Waals surface area contributed by atoms with Gasteiger partial charge in [0, 0.05) is 17.8 Å². The first-order valence-electron chi connectivity index (χ1n) is 10.3. The number of hydrogen-bond donors (Lipinski definition) is 1. The Morgan fingerprint density at radius 1 is 1.14 bits per heavy atom. The Morgan fingerprint density at radius 3 is 2.41 bits per heavy atom. The van der Waals surface area contributed by atoms with Crippen LogP contribution < -0.4 is 10.1 Å². The Labute approximate surface area is 171 Å². The third-order valence-electron chi connectivity index (χ3n) is 5.67. The lowest BCUT2D eigenvalue weighted by Crippen LogP contribution is -2.42. The lowest BCUT2D eigenvalue weighted by molar-refractivity contribution is -0.384. The van der Waals surface area contributed by atoms with Gasteiger partial charge in [-0.15, -0.1) is 0 Å². The monoisotopic (exact) mass is 396 g/mol. The van der Waals surface area contributed by atoms with Crippen molar-refractivity contribution in [1.82, 2.24) is 0 Å². The highest BCUT2D eigenvalue weighted by Crippen LogP contribution is 2.41. The van der Waals surface area contributed by atoms with Crippen molar-refractivity contribution < 1.29 is 14.5 Å². The molecule has 6 heteroatoms. The van der Waals surface area contributed by atoms with Crippen LogP contribution in [0.5, 0.6) is 5.75 Å². The number of anilines is 1. The van der Waals surface area contributed by atoms with Gasteiger partial charge in [-0.2, -0.15) is 0 Å². The standard InChI is InChI=1S/C23H28N2O4/c1-3-15-29-21-12-9-19(16-17(21)2)24-22(26)23(13-5-4-6-14-23)18-7-10-20(11-8-18)25(27)28/h7-12,16H,3-6,13-15H2,1-2H3,(H,24,26). The molecule has 154 valence electrons. The van der Waals surface area contributed by atoms with Gasteiger partial charge in [0.2, 0.25) is 5.91 Å². The van der Waals surface area contributed by atoms with E-state index in [1.54, 1.807) is 12.1 Å². The number of ether oxygens (including phenoxy) is 1. The summed E-state index contributed by atoms with van der Waals surface area (Å²) in [6.07, 6.45) is 5.46. The summed E-state index contributed by atoms with van der Waals surface area (Å²) in [5.74, 6) is 0.778. The number of amides is 1. The SMILES string of the molecule is CCCOc1ccc(NC(=O)C2(c3ccc([N+](=O)[O-])cc3)CCCCC2)cc1C. The summed E-state index contributed by atoms with van der Waals surface area (Å²) in [5.41, 5.74) is 1.95. The first-order valence-corrected chi connectivity index (χ1v) is 10.3. The maximum Gasteiger partial charge on any atom is 0.269 e. The zero-order valence-corrected chi connectivity index (χ0v) is 17.1. The van der Waals surface area contributed by atoms with E-state index in [0.29, 0.717) is 6.61 Å². The molecule has 1 N–H and O–H groups in total. The molecule has 2 aromatic rings. The summed E-state index contributed by atoms with van der Waals surface area (Å²) in [7, 11) is 0. The van der Waals surface area contributed by atoms with Crippen molar-refractivity contribution in [2.45, 2.75) is 57.8 Å². The van der Waals surface area contributed by atoms with Crippen molar-refractivity contribution in [3.63, 3.8) is 0 Å². The van der Waals surface area contributed by atoms with Crippen molar-refractivity contribution in [2.24, 2.45) is 0 Å². The molecule has 0 aromatic heterocycles. The van der Waals surface area contributed by atoms with Crippen LogP contribution in [0.15, 0.2) is 42.5 Å². The van der Waals surface area contributed by atoms with Gasteiger partial charge in [-0.1, -0.05) is 38.3 Å². The van der Waals surface area contributed by atoms with Crippen molar-refractivity contribution in [3.8, 4) is 5.75 Å². The molecule has 2 aromatic carbocycles. The van der Waals surface area contributed by atoms with Crippen LogP contribution in [0.1, 0.15) is 56.6 Å². The number of carbonyl (C=O) groups excluding carboxylic acids is 1. The molecule has 29 heavy (non-hydrogen) atoms. The molecular weight excluding hydrogens is 368 g/mol. The van der Waals surface area contributed by atoms with E-state index in [-0.39, 0.29) is 11.6 Å². The quantitative estimate of drug-likeness (QED) is 0.493. The molecule has 0 heterocycles. The molecule has 3 rings (SSSR count). The summed E-state index contributed by atoms with van der Waals surface area (Å²) in [6.45, 7) is 4.69. The zero-order valence-electron chi connectivity index (χ0n) is 17.1. The van der Waals surface area contributed by atoms with Crippen LogP contribution in [0.2, 0.25) is 0 Å². The van der Waals surface area contributed by atoms with E-state index in [2.05, 4.69) is 12.2 Å². The average molecular weight is 396 g/mol. The Balaban J connectivity index is 1.84. The number of nitrogens with one attached hydrogen (secondary N) is 1. The number of rotatable bonds is 7. The molecular formula is C23H28N2O4. The van der Waals surface area contributed by atoms with Gasteiger partial charge in [0.15, 0.2) is 0 Å². The number of hydrogen-bond acceptors (Lipinski definition) is 4. The van der Waals surface area contributed by atoms with Gasteiger partial charge in [-0.05, 0) is 55.5 Å². The number of non-ortho nitro benzene ring substituents is 1. The van der Waals surface area contributed by atoms with Gasteiger partial charge in [-0.3, -0.25) is 14.9 Å². The lowest BCUT2D eigenvalue weighted by Gasteiger charge is -2.36. The van der Waals surface area contributed by atoms with Crippen LogP contribution in [0.3, 0.4) is 0 Å². The second-order valence-electron chi connectivity index (χ2n) is 7.73. The highest BCUT2D eigenvalue weighted by Gasteiger charge is 2.41. The fourth-order valence-corrected chi connectivity index (χ4v) is 4.06. The smallest absolute Gasteiger partial charge is 0.269 e. The maximum atomic E-state index is 13.4. The van der Waals surface area contributed by atoms with E-state index in [1.165, 1.54) is 12.1 Å². The molecule has 0 aliphatic heterocycles. The Morgan fingerprint density at radius 2 is 1.83 bits per heavy atom. The van der Waals surface area contributed by atoms with Gasteiger partial charge >= 0.3 is 0 Å². The van der Waals surface area contributed by atoms with Gasteiger partial charge in [0.1, 0.15) is 5.75 Å². The van der Waals surface area contributed by atoms with Gasteiger partial charge < -0.3 is 10.1 Å². The highest BCUT2D eigenvalue weighted by molar-refractivity contribution is 5.99.